The Hall–Kier alpha value is -3.02. The molecule has 0 saturated carbocycles. The maximum Gasteiger partial charge on any atom is 0.313 e. The highest BCUT2D eigenvalue weighted by molar-refractivity contribution is 6.39. The fourth-order valence-corrected chi connectivity index (χ4v) is 3.33. The van der Waals surface area contributed by atoms with Crippen molar-refractivity contribution >= 4 is 23.2 Å². The van der Waals surface area contributed by atoms with Crippen LogP contribution in [0.4, 0.5) is 11.4 Å². The summed E-state index contributed by atoms with van der Waals surface area (Å²) in [5, 5.41) is 5.37. The quantitative estimate of drug-likeness (QED) is 0.778. The summed E-state index contributed by atoms with van der Waals surface area (Å²) in [6.45, 7) is 3.97. The summed E-state index contributed by atoms with van der Waals surface area (Å²) in [5.74, 6) is -0.595. The second kappa shape index (κ2) is 9.26. The van der Waals surface area contributed by atoms with Crippen LogP contribution >= 0.6 is 0 Å². The molecule has 0 aromatic heterocycles. The Labute approximate surface area is 165 Å². The zero-order chi connectivity index (χ0) is 19.9. The molecule has 0 bridgehead atoms. The van der Waals surface area contributed by atoms with Crippen molar-refractivity contribution in [3.05, 3.63) is 54.1 Å². The third-order valence-electron chi connectivity index (χ3n) is 5.02. The van der Waals surface area contributed by atoms with Gasteiger partial charge in [-0.1, -0.05) is 12.1 Å². The minimum Gasteiger partial charge on any atom is -0.497 e. The van der Waals surface area contributed by atoms with Gasteiger partial charge in [-0.15, -0.1) is 0 Å². The largest absolute Gasteiger partial charge is 0.497 e. The molecule has 1 aliphatic heterocycles. The molecule has 2 aromatic carbocycles. The van der Waals surface area contributed by atoms with Gasteiger partial charge >= 0.3 is 11.8 Å². The van der Waals surface area contributed by atoms with Crippen LogP contribution in [0.5, 0.6) is 5.75 Å². The highest BCUT2D eigenvalue weighted by atomic mass is 16.5. The molecule has 28 heavy (non-hydrogen) atoms. The average Bonchev–Trinajstić information content (AvgIpc) is 2.75. The van der Waals surface area contributed by atoms with E-state index in [0.29, 0.717) is 5.69 Å². The average molecular weight is 381 g/mol. The minimum atomic E-state index is -0.675. The van der Waals surface area contributed by atoms with Crippen molar-refractivity contribution in [2.45, 2.75) is 32.2 Å². The number of carbonyl (C=O) groups excluding carboxylic acids is 2. The van der Waals surface area contributed by atoms with Crippen molar-refractivity contribution in [1.82, 2.24) is 5.32 Å². The van der Waals surface area contributed by atoms with Crippen molar-refractivity contribution in [2.75, 3.05) is 30.4 Å². The van der Waals surface area contributed by atoms with Gasteiger partial charge in [0.15, 0.2) is 0 Å². The van der Waals surface area contributed by atoms with Gasteiger partial charge in [-0.25, -0.2) is 0 Å². The summed E-state index contributed by atoms with van der Waals surface area (Å²) in [6, 6.07) is 14.7. The molecule has 3 rings (SSSR count). The van der Waals surface area contributed by atoms with Crippen LogP contribution in [0.25, 0.3) is 0 Å². The van der Waals surface area contributed by atoms with E-state index in [1.54, 1.807) is 7.11 Å². The first-order chi connectivity index (χ1) is 13.6. The maximum atomic E-state index is 12.2. The molecule has 0 aliphatic carbocycles. The van der Waals surface area contributed by atoms with Crippen LogP contribution in [0.3, 0.4) is 0 Å². The summed E-state index contributed by atoms with van der Waals surface area (Å²) < 4.78 is 5.13. The Morgan fingerprint density at radius 1 is 0.929 bits per heavy atom. The minimum absolute atomic E-state index is 0.286. The van der Waals surface area contributed by atoms with Gasteiger partial charge < -0.3 is 20.3 Å². The molecule has 1 unspecified atom stereocenters. The van der Waals surface area contributed by atoms with Gasteiger partial charge in [0, 0.05) is 24.5 Å². The second-order valence-corrected chi connectivity index (χ2v) is 7.02. The van der Waals surface area contributed by atoms with E-state index in [2.05, 4.69) is 15.5 Å². The summed E-state index contributed by atoms with van der Waals surface area (Å²) in [7, 11) is 1.60. The number of nitrogens with zero attached hydrogens (tertiary/aromatic N) is 1. The molecule has 0 radical (unpaired) electrons. The molecule has 0 spiro atoms. The normalized spacial score (nSPS) is 14.9. The van der Waals surface area contributed by atoms with Crippen LogP contribution in [-0.4, -0.2) is 32.0 Å². The van der Waals surface area contributed by atoms with E-state index in [1.807, 2.05) is 55.5 Å². The number of piperidine rings is 1. The number of hydrogen-bond acceptors (Lipinski definition) is 4. The lowest BCUT2D eigenvalue weighted by Gasteiger charge is -2.28. The lowest BCUT2D eigenvalue weighted by Crippen LogP contribution is -2.36. The Bertz CT molecular complexity index is 797. The van der Waals surface area contributed by atoms with Crippen molar-refractivity contribution in [1.29, 1.82) is 0 Å². The third kappa shape index (κ3) is 5.03. The Morgan fingerprint density at radius 2 is 1.57 bits per heavy atom. The predicted octanol–water partition coefficient (Wildman–Crippen LogP) is 3.50. The van der Waals surface area contributed by atoms with Gasteiger partial charge in [-0.2, -0.15) is 0 Å². The van der Waals surface area contributed by atoms with E-state index in [4.69, 9.17) is 4.74 Å². The van der Waals surface area contributed by atoms with Crippen molar-refractivity contribution in [2.24, 2.45) is 0 Å². The molecule has 1 fully saturated rings. The van der Waals surface area contributed by atoms with Gasteiger partial charge in [0.2, 0.25) is 0 Å². The van der Waals surface area contributed by atoms with Crippen LogP contribution in [0.15, 0.2) is 48.5 Å². The number of rotatable bonds is 5. The van der Waals surface area contributed by atoms with E-state index in [1.165, 1.54) is 19.3 Å². The number of carbonyl (C=O) groups is 2. The summed E-state index contributed by atoms with van der Waals surface area (Å²) in [5.41, 5.74) is 2.65. The highest BCUT2D eigenvalue weighted by Crippen LogP contribution is 2.22. The van der Waals surface area contributed by atoms with Gasteiger partial charge in [-0.3, -0.25) is 9.59 Å². The predicted molar refractivity (Wildman–Crippen MR) is 111 cm³/mol. The summed E-state index contributed by atoms with van der Waals surface area (Å²) in [4.78, 5) is 26.8. The number of anilines is 2. The molecule has 148 valence electrons. The Morgan fingerprint density at radius 3 is 2.18 bits per heavy atom. The fourth-order valence-electron chi connectivity index (χ4n) is 3.33. The third-order valence-corrected chi connectivity index (χ3v) is 5.02. The van der Waals surface area contributed by atoms with Gasteiger partial charge in [0.1, 0.15) is 5.75 Å². The zero-order valence-corrected chi connectivity index (χ0v) is 16.4. The first kappa shape index (κ1) is 19.7. The molecular formula is C22H27N3O3. The number of benzene rings is 2. The van der Waals surface area contributed by atoms with Crippen molar-refractivity contribution in [3.63, 3.8) is 0 Å². The molecule has 2 N–H and O–H groups in total. The van der Waals surface area contributed by atoms with Crippen LogP contribution in [0, 0.1) is 0 Å². The van der Waals surface area contributed by atoms with Gasteiger partial charge in [-0.05, 0) is 68.1 Å². The van der Waals surface area contributed by atoms with Gasteiger partial charge in [0.25, 0.3) is 0 Å². The topological polar surface area (TPSA) is 70.7 Å². The molecule has 6 nitrogen and oxygen atoms in total. The van der Waals surface area contributed by atoms with E-state index < -0.39 is 11.8 Å². The number of methoxy groups -OCH3 is 1. The first-order valence-electron chi connectivity index (χ1n) is 9.67. The van der Waals surface area contributed by atoms with E-state index >= 15 is 0 Å². The number of hydrogen-bond donors (Lipinski definition) is 2. The van der Waals surface area contributed by atoms with Crippen molar-refractivity contribution in [3.8, 4) is 5.75 Å². The standard InChI is InChI=1S/C22H27N3O3/c1-16(17-6-12-20(28-2)13-7-17)23-21(26)22(27)24-18-8-10-19(11-9-18)25-14-4-3-5-15-25/h6-13,16H,3-5,14-15H2,1-2H3,(H,23,26)(H,24,27). The van der Waals surface area contributed by atoms with Crippen LogP contribution < -0.4 is 20.3 Å². The summed E-state index contributed by atoms with van der Waals surface area (Å²) in [6.07, 6.45) is 3.71. The Balaban J connectivity index is 1.53. The number of nitrogens with one attached hydrogen (secondary N) is 2. The number of amides is 2. The van der Waals surface area contributed by atoms with Gasteiger partial charge in [0.05, 0.1) is 13.2 Å². The van der Waals surface area contributed by atoms with E-state index in [9.17, 15) is 9.59 Å². The Kier molecular flexibility index (Phi) is 6.53. The second-order valence-electron chi connectivity index (χ2n) is 7.02. The summed E-state index contributed by atoms with van der Waals surface area (Å²) >= 11 is 0. The number of ether oxygens (including phenoxy) is 1. The molecule has 2 aromatic rings. The molecule has 1 atom stereocenters. The molecule has 1 aliphatic rings. The van der Waals surface area contributed by atoms with Crippen LogP contribution in [-0.2, 0) is 9.59 Å². The lowest BCUT2D eigenvalue weighted by molar-refractivity contribution is -0.136. The van der Waals surface area contributed by atoms with Crippen LogP contribution in [0.2, 0.25) is 0 Å². The molecule has 1 heterocycles. The smallest absolute Gasteiger partial charge is 0.313 e. The highest BCUT2D eigenvalue weighted by Gasteiger charge is 2.18. The monoisotopic (exact) mass is 381 g/mol. The van der Waals surface area contributed by atoms with E-state index in [0.717, 1.165) is 30.1 Å². The fraction of sp³-hybridized carbons (Fsp3) is 0.364. The van der Waals surface area contributed by atoms with Crippen LogP contribution in [0.1, 0.15) is 37.8 Å². The lowest BCUT2D eigenvalue weighted by atomic mass is 10.1. The van der Waals surface area contributed by atoms with Crippen molar-refractivity contribution < 1.29 is 14.3 Å². The molecule has 1 saturated heterocycles. The molecule has 2 amide bonds. The molecule has 6 heteroatoms. The molecular weight excluding hydrogens is 354 g/mol. The zero-order valence-electron chi connectivity index (χ0n) is 16.4. The van der Waals surface area contributed by atoms with E-state index in [-0.39, 0.29) is 6.04 Å². The first-order valence-corrected chi connectivity index (χ1v) is 9.67. The SMILES string of the molecule is COc1ccc(C(C)NC(=O)C(=O)Nc2ccc(N3CCCCC3)cc2)cc1. The maximum absolute atomic E-state index is 12.2.